The van der Waals surface area contributed by atoms with E-state index in [0.717, 1.165) is 34.9 Å². The lowest BCUT2D eigenvalue weighted by atomic mass is 10.1. The highest BCUT2D eigenvalue weighted by molar-refractivity contribution is 5.78. The number of nitrogens with one attached hydrogen (secondary N) is 2. The minimum Gasteiger partial charge on any atom is -0.378 e. The van der Waals surface area contributed by atoms with Crippen LogP contribution in [0.15, 0.2) is 53.5 Å². The predicted molar refractivity (Wildman–Crippen MR) is 113 cm³/mol. The smallest absolute Gasteiger partial charge is 0.243 e. The molecule has 0 saturated heterocycles. The summed E-state index contributed by atoms with van der Waals surface area (Å²) in [5.41, 5.74) is 3.98. The third-order valence-corrected chi connectivity index (χ3v) is 4.66. The summed E-state index contributed by atoms with van der Waals surface area (Å²) < 4.78 is 6.56. The summed E-state index contributed by atoms with van der Waals surface area (Å²) in [7, 11) is 0. The second-order valence-electron chi connectivity index (χ2n) is 6.73. The van der Waals surface area contributed by atoms with E-state index in [9.17, 15) is 0 Å². The molecule has 0 amide bonds. The summed E-state index contributed by atoms with van der Waals surface area (Å²) >= 11 is 0. The van der Waals surface area contributed by atoms with E-state index in [4.69, 9.17) is 4.52 Å². The minimum atomic E-state index is 0.519. The topological polar surface area (TPSA) is 93.2 Å². The van der Waals surface area contributed by atoms with Gasteiger partial charge in [-0.2, -0.15) is 9.97 Å². The second kappa shape index (κ2) is 8.72. The number of anilines is 2. The van der Waals surface area contributed by atoms with Gasteiger partial charge in [0.25, 0.3) is 0 Å². The molecule has 5 rings (SSSR count). The first-order chi connectivity index (χ1) is 14.3. The number of pyridine rings is 1. The third-order valence-electron chi connectivity index (χ3n) is 4.66. The van der Waals surface area contributed by atoms with E-state index in [0.29, 0.717) is 18.3 Å². The van der Waals surface area contributed by atoms with Crippen LogP contribution in [0, 0.1) is 5.92 Å². The molecule has 0 spiro atoms. The summed E-state index contributed by atoms with van der Waals surface area (Å²) in [4.78, 5) is 8.68. The van der Waals surface area contributed by atoms with Gasteiger partial charge in [-0.1, -0.05) is 31.1 Å². The maximum atomic E-state index is 4.74. The number of fused-ring (bicyclic) bond motifs is 1. The lowest BCUT2D eigenvalue weighted by Gasteiger charge is -2.06. The number of benzene rings is 1. The first kappa shape index (κ1) is 18.9. The number of aromatic nitrogens is 5. The minimum absolute atomic E-state index is 0.519. The van der Waals surface area contributed by atoms with Crippen molar-refractivity contribution >= 4 is 17.3 Å². The molecule has 0 unspecified atom stereocenters. The Morgan fingerprint density at radius 2 is 1.93 bits per heavy atom. The molecule has 1 aliphatic rings. The summed E-state index contributed by atoms with van der Waals surface area (Å²) in [6.45, 7) is 5.47. The van der Waals surface area contributed by atoms with Gasteiger partial charge < -0.3 is 15.2 Å². The Labute approximate surface area is 169 Å². The van der Waals surface area contributed by atoms with Crippen LogP contribution in [0.1, 0.15) is 32.5 Å². The maximum absolute atomic E-state index is 4.74. The average Bonchev–Trinajstić information content (AvgIpc) is 3.27. The maximum Gasteiger partial charge on any atom is 0.243 e. The van der Waals surface area contributed by atoms with Crippen LogP contribution in [0.25, 0.3) is 16.8 Å². The van der Waals surface area contributed by atoms with E-state index < -0.39 is 0 Å². The van der Waals surface area contributed by atoms with E-state index in [-0.39, 0.29) is 0 Å². The van der Waals surface area contributed by atoms with E-state index in [1.165, 1.54) is 19.2 Å². The van der Waals surface area contributed by atoms with Crippen LogP contribution in [-0.2, 0) is 6.54 Å². The Bertz CT molecular complexity index is 1040. The molecule has 1 saturated carbocycles. The van der Waals surface area contributed by atoms with Gasteiger partial charge in [0.15, 0.2) is 11.5 Å². The predicted octanol–water partition coefficient (Wildman–Crippen LogP) is 4.24. The van der Waals surface area contributed by atoms with Gasteiger partial charge >= 0.3 is 0 Å². The molecule has 0 aliphatic heterocycles. The van der Waals surface area contributed by atoms with Crippen LogP contribution in [0.3, 0.4) is 0 Å². The molecule has 4 aromatic rings. The van der Waals surface area contributed by atoms with E-state index in [2.05, 4.69) is 49.1 Å². The summed E-state index contributed by atoms with van der Waals surface area (Å²) in [6.07, 6.45) is 5.86. The molecule has 1 aromatic carbocycles. The average molecular weight is 391 g/mol. The fraction of sp³-hybridized carbons (Fsp3) is 0.333. The molecule has 0 bridgehead atoms. The highest BCUT2D eigenvalue weighted by Gasteiger charge is 2.21. The molecule has 2 N–H and O–H groups in total. The zero-order chi connectivity index (χ0) is 20.1. The Hall–Kier alpha value is -3.42. The van der Waals surface area contributed by atoms with Gasteiger partial charge in [-0.15, -0.1) is 5.10 Å². The molecule has 1 aliphatic carbocycles. The quantitative estimate of drug-likeness (QED) is 0.487. The van der Waals surface area contributed by atoms with Gasteiger partial charge in [0.2, 0.25) is 12.3 Å². The van der Waals surface area contributed by atoms with Crippen molar-refractivity contribution in [3.63, 3.8) is 0 Å². The number of nitrogens with zero attached hydrogens (tertiary/aromatic N) is 5. The van der Waals surface area contributed by atoms with Crippen molar-refractivity contribution in [2.75, 3.05) is 17.2 Å². The van der Waals surface area contributed by atoms with Gasteiger partial charge in [0.05, 0.1) is 6.54 Å². The first-order valence-corrected chi connectivity index (χ1v) is 10.0. The van der Waals surface area contributed by atoms with E-state index in [1.54, 1.807) is 0 Å². The molecule has 29 heavy (non-hydrogen) atoms. The Kier molecular flexibility index (Phi) is 5.69. The van der Waals surface area contributed by atoms with Crippen LogP contribution in [0.4, 0.5) is 11.6 Å². The van der Waals surface area contributed by atoms with Crippen molar-refractivity contribution in [3.8, 4) is 11.1 Å². The number of hydrogen-bond acceptors (Lipinski definition) is 7. The molecule has 0 radical (unpaired) electrons. The van der Waals surface area contributed by atoms with Crippen LogP contribution in [0.5, 0.6) is 0 Å². The molecule has 150 valence electrons. The fourth-order valence-corrected chi connectivity index (χ4v) is 2.98. The molecule has 8 nitrogen and oxygen atoms in total. The Morgan fingerprint density at radius 1 is 1.10 bits per heavy atom. The first-order valence-electron chi connectivity index (χ1n) is 10.0. The molecule has 3 heterocycles. The van der Waals surface area contributed by atoms with Crippen LogP contribution >= 0.6 is 0 Å². The van der Waals surface area contributed by atoms with Crippen molar-refractivity contribution < 1.29 is 4.52 Å². The van der Waals surface area contributed by atoms with Gasteiger partial charge in [-0.25, -0.2) is 4.52 Å². The largest absolute Gasteiger partial charge is 0.378 e. The fourth-order valence-electron chi connectivity index (χ4n) is 2.98. The summed E-state index contributed by atoms with van der Waals surface area (Å²) in [5, 5.41) is 14.9. The van der Waals surface area contributed by atoms with E-state index in [1.807, 2.05) is 42.8 Å². The lowest BCUT2D eigenvalue weighted by molar-refractivity contribution is 0.411. The van der Waals surface area contributed by atoms with E-state index >= 15 is 0 Å². The zero-order valence-electron chi connectivity index (χ0n) is 16.7. The van der Waals surface area contributed by atoms with Crippen molar-refractivity contribution in [2.45, 2.75) is 33.2 Å². The molecular formula is C21H25N7O. The second-order valence-corrected chi connectivity index (χ2v) is 6.73. The Balaban J connectivity index is 0.000000994. The monoisotopic (exact) mass is 391 g/mol. The molecule has 8 heteroatoms. The highest BCUT2D eigenvalue weighted by Crippen LogP contribution is 2.29. The van der Waals surface area contributed by atoms with Gasteiger partial charge in [0, 0.05) is 24.0 Å². The number of rotatable bonds is 7. The van der Waals surface area contributed by atoms with Gasteiger partial charge in [0.1, 0.15) is 0 Å². The zero-order valence-corrected chi connectivity index (χ0v) is 16.7. The molecule has 3 aromatic heterocycles. The highest BCUT2D eigenvalue weighted by atomic mass is 16.5. The van der Waals surface area contributed by atoms with Crippen LogP contribution < -0.4 is 10.6 Å². The Morgan fingerprint density at radius 3 is 2.66 bits per heavy atom. The van der Waals surface area contributed by atoms with Crippen molar-refractivity contribution in [1.82, 2.24) is 24.7 Å². The normalized spacial score (nSPS) is 13.0. The lowest BCUT2D eigenvalue weighted by Crippen LogP contribution is -2.04. The van der Waals surface area contributed by atoms with Gasteiger partial charge in [-0.05, 0) is 48.6 Å². The van der Waals surface area contributed by atoms with Gasteiger partial charge in [-0.3, -0.25) is 0 Å². The standard InChI is InChI=1S/C19H19N7O.C2H6/c1-2-16(18-23-19(24-26(18)9-1)21-10-13-3-4-13)14-5-7-15(8-6-14)20-11-17-22-12-27-25-17;1-2/h1-2,5-9,12-13,20H,3-4,10-11H2,(H,21,24);1-2H3. The molecular weight excluding hydrogens is 366 g/mol. The summed E-state index contributed by atoms with van der Waals surface area (Å²) in [5.74, 6) is 2.09. The van der Waals surface area contributed by atoms with Crippen molar-refractivity contribution in [1.29, 1.82) is 0 Å². The summed E-state index contributed by atoms with van der Waals surface area (Å²) in [6, 6.07) is 12.3. The van der Waals surface area contributed by atoms with Crippen molar-refractivity contribution in [3.05, 3.63) is 54.8 Å². The third kappa shape index (κ3) is 4.53. The SMILES string of the molecule is CC.c1cc(-c2ccc(NCc3ncon3)cc2)c2nc(NCC3CC3)nn2c1. The molecule has 0 atom stereocenters. The van der Waals surface area contributed by atoms with Crippen molar-refractivity contribution in [2.24, 2.45) is 5.92 Å². The van der Waals surface area contributed by atoms with Crippen LogP contribution in [-0.4, -0.2) is 31.3 Å². The molecule has 1 fully saturated rings. The number of hydrogen-bond donors (Lipinski definition) is 2. The van der Waals surface area contributed by atoms with Crippen LogP contribution in [0.2, 0.25) is 0 Å².